The standard InChI is InChI=1S/C18H24NO4P/c1-3-14(5-4-13(2)20)12-17(19-24)18(22)23-11-10-15-6-8-16(21)9-7-15/h3-9,17,19-21H,1,10-12,24H2,2H3/b13-4+,14-5+. The predicted molar refractivity (Wildman–Crippen MR) is 98.7 cm³/mol. The number of phenols is 1. The molecule has 1 rings (SSSR count). The van der Waals surface area contributed by atoms with E-state index in [1.54, 1.807) is 49.4 Å². The van der Waals surface area contributed by atoms with Gasteiger partial charge in [0.25, 0.3) is 0 Å². The molecule has 0 heterocycles. The van der Waals surface area contributed by atoms with Crippen molar-refractivity contribution in [2.45, 2.75) is 25.8 Å². The zero-order valence-corrected chi connectivity index (χ0v) is 14.9. The maximum absolute atomic E-state index is 12.1. The lowest BCUT2D eigenvalue weighted by Crippen LogP contribution is -2.33. The second-order valence-corrected chi connectivity index (χ2v) is 5.59. The van der Waals surface area contributed by atoms with Crippen molar-refractivity contribution in [1.29, 1.82) is 0 Å². The number of benzene rings is 1. The normalized spacial score (nSPS) is 13.4. The number of carbonyl (C=O) groups excluding carboxylic acids is 1. The van der Waals surface area contributed by atoms with Crippen molar-refractivity contribution in [3.63, 3.8) is 0 Å². The van der Waals surface area contributed by atoms with Gasteiger partial charge in [-0.2, -0.15) is 0 Å². The number of hydrogen-bond acceptors (Lipinski definition) is 5. The van der Waals surface area contributed by atoms with E-state index in [0.29, 0.717) is 12.8 Å². The molecule has 6 heteroatoms. The Labute approximate surface area is 145 Å². The van der Waals surface area contributed by atoms with Crippen LogP contribution in [0, 0.1) is 0 Å². The summed E-state index contributed by atoms with van der Waals surface area (Å²) in [6.07, 6.45) is 5.87. The summed E-state index contributed by atoms with van der Waals surface area (Å²) in [5.41, 5.74) is 1.78. The molecular formula is C18H24NO4P. The Morgan fingerprint density at radius 1 is 1.38 bits per heavy atom. The molecule has 0 saturated carbocycles. The lowest BCUT2D eigenvalue weighted by molar-refractivity contribution is -0.145. The molecule has 0 fully saturated rings. The first-order valence-corrected chi connectivity index (χ1v) is 8.13. The molecule has 2 unspecified atom stereocenters. The van der Waals surface area contributed by atoms with E-state index in [9.17, 15) is 15.0 Å². The lowest BCUT2D eigenvalue weighted by Gasteiger charge is -2.15. The number of nitrogens with one attached hydrogen (secondary N) is 1. The number of aliphatic hydroxyl groups excluding tert-OH is 1. The average Bonchev–Trinajstić information content (AvgIpc) is 2.56. The number of allylic oxidation sites excluding steroid dienone is 4. The minimum atomic E-state index is -0.522. The van der Waals surface area contributed by atoms with E-state index in [1.165, 1.54) is 0 Å². The fourth-order valence-electron chi connectivity index (χ4n) is 1.93. The van der Waals surface area contributed by atoms with E-state index in [4.69, 9.17) is 4.74 Å². The Morgan fingerprint density at radius 2 is 2.04 bits per heavy atom. The van der Waals surface area contributed by atoms with Crippen LogP contribution in [0.1, 0.15) is 18.9 Å². The summed E-state index contributed by atoms with van der Waals surface area (Å²) >= 11 is 0. The van der Waals surface area contributed by atoms with Gasteiger partial charge in [-0.15, -0.1) is 0 Å². The number of hydrogen-bond donors (Lipinski definition) is 3. The van der Waals surface area contributed by atoms with Gasteiger partial charge in [0.15, 0.2) is 0 Å². The molecule has 0 saturated heterocycles. The maximum atomic E-state index is 12.1. The zero-order valence-electron chi connectivity index (χ0n) is 13.7. The summed E-state index contributed by atoms with van der Waals surface area (Å²) in [4.78, 5) is 12.1. The van der Waals surface area contributed by atoms with Gasteiger partial charge in [-0.25, -0.2) is 0 Å². The number of phenolic OH excluding ortho intramolecular Hbond substituents is 1. The number of rotatable bonds is 9. The Bertz CT molecular complexity index is 604. The molecule has 1 aromatic carbocycles. The summed E-state index contributed by atoms with van der Waals surface area (Å²) < 4.78 is 5.30. The fourth-order valence-corrected chi connectivity index (χ4v) is 2.18. The summed E-state index contributed by atoms with van der Waals surface area (Å²) in [7, 11) is 2.32. The van der Waals surface area contributed by atoms with Gasteiger partial charge in [0, 0.05) is 6.42 Å². The van der Waals surface area contributed by atoms with E-state index in [-0.39, 0.29) is 24.1 Å². The van der Waals surface area contributed by atoms with E-state index < -0.39 is 6.04 Å². The van der Waals surface area contributed by atoms with Gasteiger partial charge in [0.05, 0.1) is 12.4 Å². The van der Waals surface area contributed by atoms with E-state index >= 15 is 0 Å². The number of ether oxygens (including phenoxy) is 1. The highest BCUT2D eigenvalue weighted by Crippen LogP contribution is 2.12. The molecule has 24 heavy (non-hydrogen) atoms. The van der Waals surface area contributed by atoms with Crippen molar-refractivity contribution in [3.05, 3.63) is 66.0 Å². The molecule has 1 aromatic rings. The SMILES string of the molecule is C=C/C(=C\C=C(/C)O)CC(NP)C(=O)OCCc1ccc(O)cc1. The second kappa shape index (κ2) is 10.6. The summed E-state index contributed by atoms with van der Waals surface area (Å²) in [5, 5.41) is 21.3. The first kappa shape index (κ1) is 19.9. The van der Waals surface area contributed by atoms with E-state index in [1.807, 2.05) is 0 Å². The highest BCUT2D eigenvalue weighted by atomic mass is 31.0. The van der Waals surface area contributed by atoms with Crippen LogP contribution in [-0.4, -0.2) is 28.8 Å². The molecule has 0 aliphatic carbocycles. The van der Waals surface area contributed by atoms with Crippen molar-refractivity contribution in [2.24, 2.45) is 0 Å². The van der Waals surface area contributed by atoms with Gasteiger partial charge in [-0.1, -0.05) is 40.3 Å². The third kappa shape index (κ3) is 7.44. The molecule has 2 atom stereocenters. The third-order valence-electron chi connectivity index (χ3n) is 3.30. The Hall–Kier alpha value is -2.10. The molecule has 0 aromatic heterocycles. The quantitative estimate of drug-likeness (QED) is 0.276. The smallest absolute Gasteiger partial charge is 0.323 e. The molecule has 0 spiro atoms. The van der Waals surface area contributed by atoms with Crippen LogP contribution >= 0.6 is 9.39 Å². The average molecular weight is 349 g/mol. The minimum absolute atomic E-state index is 0.182. The first-order chi connectivity index (χ1) is 11.5. The maximum Gasteiger partial charge on any atom is 0.323 e. The van der Waals surface area contributed by atoms with Crippen LogP contribution in [0.15, 0.2) is 60.4 Å². The van der Waals surface area contributed by atoms with Crippen LogP contribution < -0.4 is 5.09 Å². The predicted octanol–water partition coefficient (Wildman–Crippen LogP) is 3.19. The highest BCUT2D eigenvalue weighted by molar-refractivity contribution is 7.13. The molecule has 0 radical (unpaired) electrons. The van der Waals surface area contributed by atoms with Crippen molar-refractivity contribution >= 4 is 15.4 Å². The van der Waals surface area contributed by atoms with Crippen molar-refractivity contribution in [3.8, 4) is 5.75 Å². The van der Waals surface area contributed by atoms with Gasteiger partial charge in [0.1, 0.15) is 11.8 Å². The van der Waals surface area contributed by atoms with Crippen molar-refractivity contribution in [2.75, 3.05) is 6.61 Å². The lowest BCUT2D eigenvalue weighted by atomic mass is 10.1. The van der Waals surface area contributed by atoms with Gasteiger partial charge in [-0.3, -0.25) is 9.88 Å². The summed E-state index contributed by atoms with van der Waals surface area (Å²) in [5.74, 6) is 0.0290. The molecular weight excluding hydrogens is 325 g/mol. The molecule has 3 N–H and O–H groups in total. The third-order valence-corrected chi connectivity index (χ3v) is 3.70. The van der Waals surface area contributed by atoms with Crippen LogP contribution in [0.4, 0.5) is 0 Å². The van der Waals surface area contributed by atoms with E-state index in [0.717, 1.165) is 11.1 Å². The largest absolute Gasteiger partial charge is 0.513 e. The molecule has 0 aliphatic rings. The number of aliphatic hydroxyl groups is 1. The first-order valence-electron chi connectivity index (χ1n) is 7.55. The monoisotopic (exact) mass is 349 g/mol. The van der Waals surface area contributed by atoms with Gasteiger partial charge >= 0.3 is 5.97 Å². The van der Waals surface area contributed by atoms with Crippen LogP contribution in [0.5, 0.6) is 5.75 Å². The molecule has 130 valence electrons. The Kier molecular flexibility index (Phi) is 8.84. The van der Waals surface area contributed by atoms with Gasteiger partial charge < -0.3 is 14.9 Å². The molecule has 5 nitrogen and oxygen atoms in total. The topological polar surface area (TPSA) is 78.8 Å². The van der Waals surface area contributed by atoms with Crippen LogP contribution in [0.2, 0.25) is 0 Å². The number of aromatic hydroxyl groups is 1. The Morgan fingerprint density at radius 3 is 2.58 bits per heavy atom. The summed E-state index contributed by atoms with van der Waals surface area (Å²) in [6, 6.07) is 6.25. The Balaban J connectivity index is 2.53. The molecule has 0 aliphatic heterocycles. The van der Waals surface area contributed by atoms with Crippen LogP contribution in [-0.2, 0) is 16.0 Å². The van der Waals surface area contributed by atoms with Crippen molar-refractivity contribution in [1.82, 2.24) is 5.09 Å². The summed E-state index contributed by atoms with van der Waals surface area (Å²) in [6.45, 7) is 5.54. The molecule has 0 bridgehead atoms. The zero-order chi connectivity index (χ0) is 17.9. The molecule has 0 amide bonds. The van der Waals surface area contributed by atoms with Gasteiger partial charge in [0.2, 0.25) is 0 Å². The fraction of sp³-hybridized carbons (Fsp3) is 0.278. The number of esters is 1. The van der Waals surface area contributed by atoms with Crippen molar-refractivity contribution < 1.29 is 19.7 Å². The van der Waals surface area contributed by atoms with Gasteiger partial charge in [-0.05, 0) is 42.7 Å². The van der Waals surface area contributed by atoms with E-state index in [2.05, 4.69) is 21.1 Å². The van der Waals surface area contributed by atoms with Crippen LogP contribution in [0.3, 0.4) is 0 Å². The highest BCUT2D eigenvalue weighted by Gasteiger charge is 2.18. The van der Waals surface area contributed by atoms with Crippen LogP contribution in [0.25, 0.3) is 0 Å². The minimum Gasteiger partial charge on any atom is -0.513 e. The number of carbonyl (C=O) groups is 1. The second-order valence-electron chi connectivity index (χ2n) is 5.26.